The Morgan fingerprint density at radius 1 is 0.309 bits per heavy atom. The van der Waals surface area contributed by atoms with Gasteiger partial charge in [0, 0.05) is 50.5 Å². The van der Waals surface area contributed by atoms with Crippen molar-refractivity contribution in [2.24, 2.45) is 0 Å². The van der Waals surface area contributed by atoms with Crippen LogP contribution in [0.25, 0.3) is 86.5 Å². The highest BCUT2D eigenvalue weighted by molar-refractivity contribution is 7.21. The second-order valence-corrected chi connectivity index (χ2v) is 18.2. The number of anilines is 6. The van der Waals surface area contributed by atoms with Crippen LogP contribution >= 0.6 is 11.3 Å². The van der Waals surface area contributed by atoms with Crippen LogP contribution in [0.3, 0.4) is 0 Å². The van der Waals surface area contributed by atoms with Crippen LogP contribution in [0.2, 0.25) is 0 Å². The lowest BCUT2D eigenvalue weighted by Gasteiger charge is -2.27. The molecular formula is C63H41N3OS. The number of para-hydroxylation sites is 1. The van der Waals surface area contributed by atoms with Gasteiger partial charge in [-0.2, -0.15) is 0 Å². The molecule has 0 saturated carbocycles. The molecule has 0 aliphatic carbocycles. The maximum absolute atomic E-state index is 6.27. The number of aromatic nitrogens is 1. The second-order valence-electron chi connectivity index (χ2n) is 17.2. The minimum Gasteiger partial charge on any atom is -0.456 e. The molecule has 0 N–H and O–H groups in total. The van der Waals surface area contributed by atoms with Gasteiger partial charge in [0.1, 0.15) is 16.2 Å². The Kier molecular flexibility index (Phi) is 9.66. The lowest BCUT2D eigenvalue weighted by Crippen LogP contribution is -2.10. The van der Waals surface area contributed by atoms with E-state index in [0.717, 1.165) is 76.9 Å². The summed E-state index contributed by atoms with van der Waals surface area (Å²) in [5, 5.41) is 7.97. The molecule has 13 rings (SSSR count). The van der Waals surface area contributed by atoms with E-state index >= 15 is 0 Å². The van der Waals surface area contributed by atoms with Gasteiger partial charge < -0.3 is 14.2 Å². The van der Waals surface area contributed by atoms with Crippen LogP contribution in [0, 0.1) is 0 Å². The third-order valence-electron chi connectivity index (χ3n) is 13.1. The lowest BCUT2D eigenvalue weighted by atomic mass is 9.99. The van der Waals surface area contributed by atoms with Crippen molar-refractivity contribution in [3.8, 4) is 32.8 Å². The van der Waals surface area contributed by atoms with Gasteiger partial charge in [0.15, 0.2) is 0 Å². The summed E-state index contributed by atoms with van der Waals surface area (Å²) in [6.07, 6.45) is 0. The maximum atomic E-state index is 6.27. The normalized spacial score (nSPS) is 11.5. The summed E-state index contributed by atoms with van der Waals surface area (Å²) in [4.78, 5) is 9.74. The zero-order valence-electron chi connectivity index (χ0n) is 36.8. The van der Waals surface area contributed by atoms with Gasteiger partial charge in [-0.25, -0.2) is 4.98 Å². The third-order valence-corrected chi connectivity index (χ3v) is 14.1. The Morgan fingerprint density at radius 2 is 0.750 bits per heavy atom. The minimum absolute atomic E-state index is 0.878. The predicted molar refractivity (Wildman–Crippen MR) is 288 cm³/mol. The molecule has 2 heterocycles. The van der Waals surface area contributed by atoms with Crippen LogP contribution in [-0.2, 0) is 0 Å². The standard InChI is InChI=1S/C63H41N3OS/c1-4-12-42(13-5-1)44-22-26-49(27-23-44)65(53-33-37-61-58(40-53)57-18-10-11-19-60(57)67-61)51-30-34-55-47(38-51)20-21-48-39-52(31-35-56(48)55)66(50-28-24-45(25-29-50)43-14-6-2-7-15-43)54-32-36-59-62(41-54)68-63(64-59)46-16-8-3-9-17-46/h1-41H. The first-order chi connectivity index (χ1) is 33.7. The number of furan rings is 1. The highest BCUT2D eigenvalue weighted by Gasteiger charge is 2.19. The van der Waals surface area contributed by atoms with Crippen LogP contribution < -0.4 is 9.80 Å². The average Bonchev–Trinajstić information content (AvgIpc) is 4.01. The summed E-state index contributed by atoms with van der Waals surface area (Å²) < 4.78 is 7.41. The molecule has 5 heteroatoms. The van der Waals surface area contributed by atoms with E-state index < -0.39 is 0 Å². The van der Waals surface area contributed by atoms with Crippen LogP contribution in [0.15, 0.2) is 253 Å². The summed E-state index contributed by atoms with van der Waals surface area (Å²) in [7, 11) is 0. The molecule has 320 valence electrons. The summed E-state index contributed by atoms with van der Waals surface area (Å²) in [5.74, 6) is 0. The third kappa shape index (κ3) is 7.14. The molecule has 68 heavy (non-hydrogen) atoms. The Labute approximate surface area is 397 Å². The number of fused-ring (bicyclic) bond motifs is 7. The fraction of sp³-hybridized carbons (Fsp3) is 0. The SMILES string of the molecule is c1ccc(-c2ccc(N(c3ccc4c(ccc5cc(N(c6ccc(-c7ccccc7)cc6)c6ccc7oc8ccccc8c7c6)ccc54)c3)c3ccc4nc(-c5ccccc5)sc4c3)cc2)cc1. The molecule has 0 aliphatic rings. The van der Waals surface area contributed by atoms with Gasteiger partial charge in [0.2, 0.25) is 0 Å². The first-order valence-corrected chi connectivity index (χ1v) is 23.7. The lowest BCUT2D eigenvalue weighted by molar-refractivity contribution is 0.669. The van der Waals surface area contributed by atoms with Crippen LogP contribution in [-0.4, -0.2) is 4.98 Å². The summed E-state index contributed by atoms with van der Waals surface area (Å²) in [6.45, 7) is 0. The Bertz CT molecular complexity index is 3960. The summed E-state index contributed by atoms with van der Waals surface area (Å²) in [6, 6.07) is 89.0. The van der Waals surface area contributed by atoms with E-state index in [1.807, 2.05) is 18.2 Å². The molecular weight excluding hydrogens is 847 g/mol. The van der Waals surface area contributed by atoms with Crippen LogP contribution in [0.5, 0.6) is 0 Å². The van der Waals surface area contributed by atoms with Gasteiger partial charge in [0.05, 0.1) is 10.2 Å². The molecule has 0 radical (unpaired) electrons. The van der Waals surface area contributed by atoms with E-state index in [2.05, 4.69) is 240 Å². The number of hydrogen-bond acceptors (Lipinski definition) is 5. The Hall–Kier alpha value is -8.77. The summed E-state index contributed by atoms with van der Waals surface area (Å²) in [5.41, 5.74) is 15.1. The first kappa shape index (κ1) is 39.6. The van der Waals surface area contributed by atoms with Gasteiger partial charge in [-0.15, -0.1) is 11.3 Å². The first-order valence-electron chi connectivity index (χ1n) is 22.9. The predicted octanol–water partition coefficient (Wildman–Crippen LogP) is 18.4. The zero-order valence-corrected chi connectivity index (χ0v) is 37.6. The molecule has 11 aromatic carbocycles. The average molecular weight is 888 g/mol. The molecule has 0 unspecified atom stereocenters. The zero-order chi connectivity index (χ0) is 45.0. The largest absolute Gasteiger partial charge is 0.456 e. The van der Waals surface area contributed by atoms with Crippen molar-refractivity contribution in [1.29, 1.82) is 0 Å². The van der Waals surface area contributed by atoms with E-state index in [1.54, 1.807) is 11.3 Å². The molecule has 0 saturated heterocycles. The fourth-order valence-electron chi connectivity index (χ4n) is 9.70. The van der Waals surface area contributed by atoms with Crippen molar-refractivity contribution in [3.63, 3.8) is 0 Å². The number of nitrogens with zero attached hydrogens (tertiary/aromatic N) is 3. The van der Waals surface area contributed by atoms with E-state index in [9.17, 15) is 0 Å². The number of hydrogen-bond donors (Lipinski definition) is 0. The van der Waals surface area contributed by atoms with Crippen molar-refractivity contribution in [2.45, 2.75) is 0 Å². The van der Waals surface area contributed by atoms with Gasteiger partial charge in [0.25, 0.3) is 0 Å². The number of rotatable bonds is 9. The highest BCUT2D eigenvalue weighted by Crippen LogP contribution is 2.44. The van der Waals surface area contributed by atoms with Gasteiger partial charge in [-0.1, -0.05) is 158 Å². The number of thiazole rings is 1. The quantitative estimate of drug-likeness (QED) is 0.135. The maximum Gasteiger partial charge on any atom is 0.135 e. The van der Waals surface area contributed by atoms with Crippen molar-refractivity contribution >= 4 is 99.2 Å². The van der Waals surface area contributed by atoms with Crippen LogP contribution in [0.1, 0.15) is 0 Å². The number of benzene rings is 11. The molecule has 0 fully saturated rings. The molecule has 0 atom stereocenters. The van der Waals surface area contributed by atoms with Gasteiger partial charge in [-0.05, 0) is 135 Å². The van der Waals surface area contributed by atoms with Gasteiger partial charge >= 0.3 is 0 Å². The Balaban J connectivity index is 0.907. The van der Waals surface area contributed by atoms with Crippen molar-refractivity contribution < 1.29 is 4.42 Å². The molecule has 2 aromatic heterocycles. The van der Waals surface area contributed by atoms with Crippen molar-refractivity contribution in [3.05, 3.63) is 249 Å². The summed E-state index contributed by atoms with van der Waals surface area (Å²) >= 11 is 1.73. The van der Waals surface area contributed by atoms with E-state index in [-0.39, 0.29) is 0 Å². The molecule has 0 amide bonds. The topological polar surface area (TPSA) is 32.5 Å². The molecule has 4 nitrogen and oxygen atoms in total. The fourth-order valence-corrected chi connectivity index (χ4v) is 10.7. The minimum atomic E-state index is 0.878. The van der Waals surface area contributed by atoms with Crippen LogP contribution in [0.4, 0.5) is 34.1 Å². The molecule has 0 bridgehead atoms. The highest BCUT2D eigenvalue weighted by atomic mass is 32.1. The van der Waals surface area contributed by atoms with Gasteiger partial charge in [-0.3, -0.25) is 0 Å². The van der Waals surface area contributed by atoms with E-state index in [4.69, 9.17) is 9.40 Å². The molecule has 0 aliphatic heterocycles. The molecule has 0 spiro atoms. The van der Waals surface area contributed by atoms with Crippen molar-refractivity contribution in [1.82, 2.24) is 4.98 Å². The smallest absolute Gasteiger partial charge is 0.135 e. The molecule has 13 aromatic rings. The van der Waals surface area contributed by atoms with E-state index in [0.29, 0.717) is 0 Å². The second kappa shape index (κ2) is 16.6. The Morgan fingerprint density at radius 3 is 1.34 bits per heavy atom. The van der Waals surface area contributed by atoms with Crippen molar-refractivity contribution in [2.75, 3.05) is 9.80 Å². The monoisotopic (exact) mass is 887 g/mol. The van der Waals surface area contributed by atoms with E-state index in [1.165, 1.54) is 43.8 Å².